The smallest absolute Gasteiger partial charge is 0.269 e. The summed E-state index contributed by atoms with van der Waals surface area (Å²) in [7, 11) is 0. The van der Waals surface area contributed by atoms with Crippen LogP contribution in [0.4, 0.5) is 0 Å². The lowest BCUT2D eigenvalue weighted by molar-refractivity contribution is 0.305. The largest absolute Gasteiger partial charge is 0.333 e. The number of benzene rings is 1. The van der Waals surface area contributed by atoms with E-state index in [0.717, 1.165) is 6.42 Å². The molecular weight excluding hydrogens is 373 g/mol. The maximum atomic E-state index is 4.03. The van der Waals surface area contributed by atoms with Crippen LogP contribution in [0.15, 0.2) is 66.8 Å². The van der Waals surface area contributed by atoms with Crippen molar-refractivity contribution in [2.45, 2.75) is 97.0 Å². The van der Waals surface area contributed by atoms with Crippen molar-refractivity contribution in [1.82, 2.24) is 4.81 Å². The zero-order valence-corrected chi connectivity index (χ0v) is 20.5. The first-order valence-electron chi connectivity index (χ1n) is 12.6. The predicted octanol–water partition coefficient (Wildman–Crippen LogP) is 8.23. The molecule has 2 unspecified atom stereocenters. The van der Waals surface area contributed by atoms with Crippen LogP contribution in [0.25, 0.3) is 5.47 Å². The van der Waals surface area contributed by atoms with Crippen LogP contribution in [0.3, 0.4) is 0 Å². The van der Waals surface area contributed by atoms with Gasteiger partial charge in [-0.2, -0.15) is 0 Å². The Morgan fingerprint density at radius 1 is 1.03 bits per heavy atom. The van der Waals surface area contributed by atoms with Crippen LogP contribution in [0.2, 0.25) is 5.82 Å². The van der Waals surface area contributed by atoms with E-state index in [4.69, 9.17) is 0 Å². The highest BCUT2D eigenvalue weighted by Crippen LogP contribution is 2.44. The van der Waals surface area contributed by atoms with E-state index < -0.39 is 0 Å². The lowest BCUT2D eigenvalue weighted by Crippen LogP contribution is -2.50. The molecule has 1 nitrogen and oxygen atoms in total. The molecule has 0 saturated carbocycles. The molecule has 2 aliphatic rings. The molecule has 0 heterocycles. The van der Waals surface area contributed by atoms with Crippen LogP contribution >= 0.6 is 0 Å². The quantitative estimate of drug-likeness (QED) is 0.189. The molecule has 0 bridgehead atoms. The van der Waals surface area contributed by atoms with E-state index in [1.807, 2.05) is 0 Å². The van der Waals surface area contributed by atoms with Crippen LogP contribution in [-0.4, -0.2) is 23.7 Å². The first-order chi connectivity index (χ1) is 15.0. The minimum atomic E-state index is 0.375. The fourth-order valence-electron chi connectivity index (χ4n) is 5.63. The van der Waals surface area contributed by atoms with Crippen molar-refractivity contribution >= 4 is 12.3 Å². The molecule has 2 atom stereocenters. The summed E-state index contributed by atoms with van der Waals surface area (Å²) in [6.07, 6.45) is 19.6. The summed E-state index contributed by atoms with van der Waals surface area (Å²) in [5.41, 5.74) is 5.97. The molecule has 1 aromatic carbocycles. The summed E-state index contributed by atoms with van der Waals surface area (Å²) in [5.74, 6) is 0.892. The fourth-order valence-corrected chi connectivity index (χ4v) is 5.63. The van der Waals surface area contributed by atoms with Crippen molar-refractivity contribution in [3.05, 3.63) is 77.9 Å². The van der Waals surface area contributed by atoms with Gasteiger partial charge in [0, 0.05) is 5.92 Å². The Labute approximate surface area is 192 Å². The van der Waals surface area contributed by atoms with Gasteiger partial charge in [0.25, 0.3) is 6.85 Å². The third-order valence-corrected chi connectivity index (χ3v) is 6.93. The van der Waals surface area contributed by atoms with E-state index in [-0.39, 0.29) is 0 Å². The van der Waals surface area contributed by atoms with Gasteiger partial charge in [0.2, 0.25) is 0 Å². The van der Waals surface area contributed by atoms with E-state index in [1.165, 1.54) is 54.3 Å². The molecule has 0 amide bonds. The maximum absolute atomic E-state index is 4.03. The second-order valence-corrected chi connectivity index (χ2v) is 9.91. The van der Waals surface area contributed by atoms with Crippen molar-refractivity contribution in [2.24, 2.45) is 0 Å². The van der Waals surface area contributed by atoms with Gasteiger partial charge in [0.15, 0.2) is 0 Å². The second kappa shape index (κ2) is 11.2. The van der Waals surface area contributed by atoms with E-state index in [1.54, 1.807) is 0 Å². The number of hydrogen-bond acceptors (Lipinski definition) is 1. The van der Waals surface area contributed by atoms with E-state index in [9.17, 15) is 0 Å². The Hall–Kier alpha value is -1.80. The van der Waals surface area contributed by atoms with Gasteiger partial charge >= 0.3 is 0 Å². The Bertz CT molecular complexity index is 821. The van der Waals surface area contributed by atoms with Gasteiger partial charge in [-0.25, -0.2) is 0 Å². The Morgan fingerprint density at radius 3 is 2.45 bits per heavy atom. The normalized spacial score (nSPS) is 19.9. The third kappa shape index (κ3) is 5.53. The zero-order chi connectivity index (χ0) is 22.4. The second-order valence-electron chi connectivity index (χ2n) is 9.91. The highest BCUT2D eigenvalue weighted by Gasteiger charge is 2.40. The Kier molecular flexibility index (Phi) is 8.61. The lowest BCUT2D eigenvalue weighted by atomic mass is 9.43. The van der Waals surface area contributed by atoms with Crippen molar-refractivity contribution in [3.8, 4) is 0 Å². The first-order valence-corrected chi connectivity index (χ1v) is 12.6. The first kappa shape index (κ1) is 23.9. The number of hydrogen-bond donors (Lipinski definition) is 0. The van der Waals surface area contributed by atoms with Crippen molar-refractivity contribution in [2.75, 3.05) is 0 Å². The molecule has 0 spiro atoms. The average Bonchev–Trinajstić information content (AvgIpc) is 3.34. The molecule has 0 aliphatic heterocycles. The zero-order valence-electron chi connectivity index (χ0n) is 20.5. The number of allylic oxidation sites excluding steroid dienone is 6. The summed E-state index contributed by atoms with van der Waals surface area (Å²) in [6, 6.07) is 10.0. The molecule has 0 fully saturated rings. The molecule has 1 aromatic rings. The van der Waals surface area contributed by atoms with Crippen molar-refractivity contribution < 1.29 is 0 Å². The Balaban J connectivity index is 1.95. The lowest BCUT2D eigenvalue weighted by Gasteiger charge is -2.39. The predicted molar refractivity (Wildman–Crippen MR) is 140 cm³/mol. The van der Waals surface area contributed by atoms with Gasteiger partial charge < -0.3 is 4.81 Å². The monoisotopic (exact) mass is 415 g/mol. The van der Waals surface area contributed by atoms with E-state index in [2.05, 4.69) is 101 Å². The van der Waals surface area contributed by atoms with Crippen molar-refractivity contribution in [1.29, 1.82) is 0 Å². The Morgan fingerprint density at radius 2 is 1.77 bits per heavy atom. The third-order valence-electron chi connectivity index (χ3n) is 6.93. The number of rotatable bonds is 12. The molecule has 0 radical (unpaired) electrons. The molecule has 2 heteroatoms. The van der Waals surface area contributed by atoms with Crippen LogP contribution in [0.1, 0.15) is 90.2 Å². The van der Waals surface area contributed by atoms with Gasteiger partial charge in [-0.05, 0) is 48.3 Å². The standard InChI is InChI=1S/C29H42BN/c1-7-9-10-11-15-24-18-19-26(20-24)30(31(22(3)4)23(5)6)29-21-25(14-8-2)27-16-12-13-17-28(27)29/h8,12-13,16-23,25-26H,2,7,9-11,14-15H2,1,3-6H3. The SMILES string of the molecule is C=CCC1C=C(B(C2C=CC(CCCCCC)=C2)N(C(C)C)C(C)C)c2ccccc21. The van der Waals surface area contributed by atoms with Crippen LogP contribution in [0, 0.1) is 0 Å². The van der Waals surface area contributed by atoms with E-state index >= 15 is 0 Å². The molecule has 31 heavy (non-hydrogen) atoms. The van der Waals surface area contributed by atoms with Gasteiger partial charge in [0.05, 0.1) is 0 Å². The number of nitrogens with zero attached hydrogens (tertiary/aromatic N) is 1. The molecular formula is C29H42BN. The van der Waals surface area contributed by atoms with Gasteiger partial charge in [-0.1, -0.05) is 120 Å². The molecule has 0 N–H and O–H groups in total. The van der Waals surface area contributed by atoms with Crippen molar-refractivity contribution in [3.63, 3.8) is 0 Å². The minimum absolute atomic E-state index is 0.375. The molecule has 0 saturated heterocycles. The highest BCUT2D eigenvalue weighted by atomic mass is 15.1. The summed E-state index contributed by atoms with van der Waals surface area (Å²) >= 11 is 0. The van der Waals surface area contributed by atoms with Crippen LogP contribution in [0.5, 0.6) is 0 Å². The summed E-state index contributed by atoms with van der Waals surface area (Å²) in [4.78, 5) is 2.73. The summed E-state index contributed by atoms with van der Waals surface area (Å²) in [6.45, 7) is 16.1. The van der Waals surface area contributed by atoms with Crippen LogP contribution in [-0.2, 0) is 0 Å². The average molecular weight is 415 g/mol. The van der Waals surface area contributed by atoms with Gasteiger partial charge in [-0.3, -0.25) is 0 Å². The van der Waals surface area contributed by atoms with E-state index in [0.29, 0.717) is 30.7 Å². The molecule has 2 aliphatic carbocycles. The topological polar surface area (TPSA) is 3.24 Å². The highest BCUT2D eigenvalue weighted by molar-refractivity contribution is 6.79. The van der Waals surface area contributed by atoms with Gasteiger partial charge in [0.1, 0.15) is 0 Å². The molecule has 0 aromatic heterocycles. The molecule has 3 rings (SSSR count). The number of fused-ring (bicyclic) bond motifs is 1. The fraction of sp³-hybridized carbons (Fsp3) is 0.517. The summed E-state index contributed by atoms with van der Waals surface area (Å²) in [5, 5.41) is 0. The van der Waals surface area contributed by atoms with Crippen LogP contribution < -0.4 is 0 Å². The molecule has 166 valence electrons. The minimum Gasteiger partial charge on any atom is -0.333 e. The maximum Gasteiger partial charge on any atom is 0.269 e. The number of unbranched alkanes of at least 4 members (excludes halogenated alkanes) is 3. The van der Waals surface area contributed by atoms with Gasteiger partial charge in [-0.15, -0.1) is 6.58 Å². The summed E-state index contributed by atoms with van der Waals surface area (Å²) < 4.78 is 0.